The van der Waals surface area contributed by atoms with Crippen molar-refractivity contribution in [2.45, 2.75) is 6.61 Å². The van der Waals surface area contributed by atoms with Gasteiger partial charge < -0.3 is 14.6 Å². The summed E-state index contributed by atoms with van der Waals surface area (Å²) in [7, 11) is 1.54. The van der Waals surface area contributed by atoms with Gasteiger partial charge in [-0.2, -0.15) is 15.4 Å². The fourth-order valence-corrected chi connectivity index (χ4v) is 1.74. The van der Waals surface area contributed by atoms with Crippen molar-refractivity contribution in [2.24, 2.45) is 0 Å². The Morgan fingerprint density at radius 2 is 2.20 bits per heavy atom. The van der Waals surface area contributed by atoms with E-state index in [1.54, 1.807) is 18.2 Å². The summed E-state index contributed by atoms with van der Waals surface area (Å²) < 4.78 is 9.85. The normalized spacial score (nSPS) is 10.8. The standard InChI is InChI=1S/C12H11N5O3/c1-19-6-8-5-11(16-20-8)12(18)13-7-2-3-9-10(4-7)15-17-14-9/h2-5H,6H2,1H3,(H,13,18)(H,14,15,17). The molecule has 2 N–H and O–H groups in total. The van der Waals surface area contributed by atoms with Crippen LogP contribution in [0.1, 0.15) is 16.2 Å². The van der Waals surface area contributed by atoms with Gasteiger partial charge in [-0.1, -0.05) is 5.16 Å². The molecular formula is C12H11N5O3. The Balaban J connectivity index is 1.76. The molecule has 0 saturated carbocycles. The fraction of sp³-hybridized carbons (Fsp3) is 0.167. The van der Waals surface area contributed by atoms with Crippen LogP contribution in [0, 0.1) is 0 Å². The smallest absolute Gasteiger partial charge is 0.277 e. The molecule has 3 rings (SSSR count). The number of H-pyrrole nitrogens is 1. The third-order valence-electron chi connectivity index (χ3n) is 2.65. The molecule has 1 amide bonds. The number of aromatic amines is 1. The van der Waals surface area contributed by atoms with Crippen LogP contribution in [0.4, 0.5) is 5.69 Å². The van der Waals surface area contributed by atoms with Crippen molar-refractivity contribution >= 4 is 22.6 Å². The number of fused-ring (bicyclic) bond motifs is 1. The molecule has 20 heavy (non-hydrogen) atoms. The Morgan fingerprint density at radius 1 is 1.35 bits per heavy atom. The van der Waals surface area contributed by atoms with Gasteiger partial charge in [-0.15, -0.1) is 0 Å². The number of ether oxygens (including phenoxy) is 1. The molecule has 0 aliphatic carbocycles. The second-order valence-corrected chi connectivity index (χ2v) is 4.09. The number of nitrogens with one attached hydrogen (secondary N) is 2. The highest BCUT2D eigenvalue weighted by molar-refractivity contribution is 6.03. The topological polar surface area (TPSA) is 106 Å². The Morgan fingerprint density at radius 3 is 3.05 bits per heavy atom. The van der Waals surface area contributed by atoms with Crippen molar-refractivity contribution in [3.63, 3.8) is 0 Å². The number of anilines is 1. The van der Waals surface area contributed by atoms with Crippen LogP contribution in [0.2, 0.25) is 0 Å². The molecule has 0 fully saturated rings. The summed E-state index contributed by atoms with van der Waals surface area (Å²) in [5.74, 6) is 0.128. The molecular weight excluding hydrogens is 262 g/mol. The quantitative estimate of drug-likeness (QED) is 0.743. The average molecular weight is 273 g/mol. The highest BCUT2D eigenvalue weighted by Gasteiger charge is 2.13. The van der Waals surface area contributed by atoms with E-state index in [-0.39, 0.29) is 18.2 Å². The Hall–Kier alpha value is -2.74. The van der Waals surface area contributed by atoms with Crippen LogP contribution in [-0.4, -0.2) is 33.6 Å². The number of aromatic nitrogens is 4. The van der Waals surface area contributed by atoms with Gasteiger partial charge in [0.05, 0.1) is 0 Å². The number of benzene rings is 1. The number of carbonyl (C=O) groups excluding carboxylic acids is 1. The first-order valence-corrected chi connectivity index (χ1v) is 5.82. The zero-order chi connectivity index (χ0) is 13.9. The van der Waals surface area contributed by atoms with Crippen LogP contribution in [0.5, 0.6) is 0 Å². The third kappa shape index (κ3) is 2.36. The third-order valence-corrected chi connectivity index (χ3v) is 2.65. The number of hydrogen-bond acceptors (Lipinski definition) is 6. The van der Waals surface area contributed by atoms with Gasteiger partial charge in [0.1, 0.15) is 17.6 Å². The van der Waals surface area contributed by atoms with Crippen molar-refractivity contribution < 1.29 is 14.1 Å². The van der Waals surface area contributed by atoms with Crippen LogP contribution in [-0.2, 0) is 11.3 Å². The SMILES string of the molecule is COCc1cc(C(=O)Nc2ccc3n[nH]nc3c2)no1. The van der Waals surface area contributed by atoms with Gasteiger partial charge in [-0.05, 0) is 18.2 Å². The lowest BCUT2D eigenvalue weighted by molar-refractivity contribution is 0.101. The second kappa shape index (κ2) is 5.10. The fourth-order valence-electron chi connectivity index (χ4n) is 1.74. The van der Waals surface area contributed by atoms with Crippen molar-refractivity contribution in [1.82, 2.24) is 20.6 Å². The van der Waals surface area contributed by atoms with Gasteiger partial charge in [0, 0.05) is 18.9 Å². The predicted octanol–water partition coefficient (Wildman–Crippen LogP) is 1.34. The van der Waals surface area contributed by atoms with Gasteiger partial charge in [-0.25, -0.2) is 0 Å². The summed E-state index contributed by atoms with van der Waals surface area (Å²) in [5, 5.41) is 16.8. The summed E-state index contributed by atoms with van der Waals surface area (Å²) in [4.78, 5) is 12.0. The van der Waals surface area contributed by atoms with Gasteiger partial charge in [-0.3, -0.25) is 4.79 Å². The molecule has 0 unspecified atom stereocenters. The molecule has 2 aromatic heterocycles. The Labute approximate surface area is 113 Å². The van der Waals surface area contributed by atoms with E-state index >= 15 is 0 Å². The summed E-state index contributed by atoms with van der Waals surface area (Å²) in [6, 6.07) is 6.74. The zero-order valence-corrected chi connectivity index (χ0v) is 10.6. The number of nitrogens with zero attached hydrogens (tertiary/aromatic N) is 3. The monoisotopic (exact) mass is 273 g/mol. The minimum atomic E-state index is -0.362. The number of amides is 1. The van der Waals surface area contributed by atoms with E-state index in [0.29, 0.717) is 17.0 Å². The van der Waals surface area contributed by atoms with Gasteiger partial charge in [0.25, 0.3) is 5.91 Å². The lowest BCUT2D eigenvalue weighted by Gasteiger charge is -2.01. The molecule has 8 nitrogen and oxygen atoms in total. The molecule has 0 aliphatic heterocycles. The van der Waals surface area contributed by atoms with Crippen molar-refractivity contribution in [3.8, 4) is 0 Å². The van der Waals surface area contributed by atoms with Crippen LogP contribution >= 0.6 is 0 Å². The first-order chi connectivity index (χ1) is 9.76. The van der Waals surface area contributed by atoms with E-state index < -0.39 is 0 Å². The molecule has 0 radical (unpaired) electrons. The molecule has 0 bridgehead atoms. The molecule has 0 aliphatic rings. The van der Waals surface area contributed by atoms with Crippen LogP contribution in [0.25, 0.3) is 11.0 Å². The molecule has 1 aromatic carbocycles. The highest BCUT2D eigenvalue weighted by atomic mass is 16.5. The Kier molecular flexibility index (Phi) is 3.13. The van der Waals surface area contributed by atoms with Crippen molar-refractivity contribution in [3.05, 3.63) is 35.7 Å². The number of carbonyl (C=O) groups is 1. The van der Waals surface area contributed by atoms with Crippen molar-refractivity contribution in [1.29, 1.82) is 0 Å². The van der Waals surface area contributed by atoms with Crippen LogP contribution < -0.4 is 5.32 Å². The molecule has 0 saturated heterocycles. The molecule has 0 spiro atoms. The summed E-state index contributed by atoms with van der Waals surface area (Å²) in [5.41, 5.74) is 2.19. The predicted molar refractivity (Wildman–Crippen MR) is 69.1 cm³/mol. The number of methoxy groups -OCH3 is 1. The van der Waals surface area contributed by atoms with E-state index in [4.69, 9.17) is 9.26 Å². The van der Waals surface area contributed by atoms with Gasteiger partial charge in [0.15, 0.2) is 11.5 Å². The number of hydrogen-bond donors (Lipinski definition) is 2. The van der Waals surface area contributed by atoms with Gasteiger partial charge in [0.2, 0.25) is 0 Å². The molecule has 102 valence electrons. The Bertz CT molecular complexity index is 748. The summed E-state index contributed by atoms with van der Waals surface area (Å²) in [6.07, 6.45) is 0. The first kappa shape index (κ1) is 12.3. The van der Waals surface area contributed by atoms with E-state index in [1.165, 1.54) is 13.2 Å². The van der Waals surface area contributed by atoms with Gasteiger partial charge >= 0.3 is 0 Å². The first-order valence-electron chi connectivity index (χ1n) is 5.82. The average Bonchev–Trinajstić information content (AvgIpc) is 3.07. The largest absolute Gasteiger partial charge is 0.377 e. The highest BCUT2D eigenvalue weighted by Crippen LogP contribution is 2.16. The zero-order valence-electron chi connectivity index (χ0n) is 10.6. The maximum Gasteiger partial charge on any atom is 0.277 e. The van der Waals surface area contributed by atoms with E-state index in [9.17, 15) is 4.79 Å². The minimum absolute atomic E-state index is 0.192. The molecule has 3 aromatic rings. The lowest BCUT2D eigenvalue weighted by Crippen LogP contribution is -2.12. The maximum atomic E-state index is 12.0. The summed E-state index contributed by atoms with van der Waals surface area (Å²) in [6.45, 7) is 0.269. The lowest BCUT2D eigenvalue weighted by atomic mass is 10.2. The molecule has 2 heterocycles. The summed E-state index contributed by atoms with van der Waals surface area (Å²) >= 11 is 0. The van der Waals surface area contributed by atoms with Crippen LogP contribution in [0.3, 0.4) is 0 Å². The minimum Gasteiger partial charge on any atom is -0.377 e. The van der Waals surface area contributed by atoms with E-state index in [2.05, 4.69) is 25.9 Å². The molecule has 0 atom stereocenters. The van der Waals surface area contributed by atoms with E-state index in [1.807, 2.05) is 0 Å². The number of rotatable bonds is 4. The maximum absolute atomic E-state index is 12.0. The van der Waals surface area contributed by atoms with Crippen molar-refractivity contribution in [2.75, 3.05) is 12.4 Å². The second-order valence-electron chi connectivity index (χ2n) is 4.09. The van der Waals surface area contributed by atoms with E-state index in [0.717, 1.165) is 5.52 Å². The molecule has 8 heteroatoms. The van der Waals surface area contributed by atoms with Crippen LogP contribution in [0.15, 0.2) is 28.8 Å².